The van der Waals surface area contributed by atoms with Crippen molar-refractivity contribution in [2.45, 2.75) is 31.4 Å². The Morgan fingerprint density at radius 1 is 1.62 bits per heavy atom. The number of carbonyl (C=O) groups is 1. The van der Waals surface area contributed by atoms with Gasteiger partial charge in [-0.25, -0.2) is 13.4 Å². The predicted octanol–water partition coefficient (Wildman–Crippen LogP) is 1.06. The van der Waals surface area contributed by atoms with Gasteiger partial charge in [0, 0.05) is 0 Å². The van der Waals surface area contributed by atoms with Crippen LogP contribution in [0.25, 0.3) is 0 Å². The molecule has 6 heteroatoms. The number of Topliss-reactive ketones (excluding diaryl/α,β-unsaturated/α-hetero) is 1. The summed E-state index contributed by atoms with van der Waals surface area (Å²) in [7, 11) is -3.10. The quantitative estimate of drug-likeness (QED) is 0.793. The van der Waals surface area contributed by atoms with Crippen LogP contribution in [-0.2, 0) is 21.1 Å². The highest BCUT2D eigenvalue weighted by atomic mass is 32.2. The molecule has 1 aromatic rings. The van der Waals surface area contributed by atoms with Crippen molar-refractivity contribution in [1.29, 1.82) is 0 Å². The van der Waals surface area contributed by atoms with E-state index >= 15 is 0 Å². The van der Waals surface area contributed by atoms with E-state index in [4.69, 9.17) is 4.42 Å². The monoisotopic (exact) mass is 243 g/mol. The molecule has 1 saturated heterocycles. The lowest BCUT2D eigenvalue weighted by Crippen LogP contribution is -2.08. The first-order valence-corrected chi connectivity index (χ1v) is 6.86. The SMILES string of the molecule is CC(=O)Cc1coc(C2CCCS2(=O)=O)n1. The van der Waals surface area contributed by atoms with Crippen molar-refractivity contribution in [3.8, 4) is 0 Å². The summed E-state index contributed by atoms with van der Waals surface area (Å²) in [6, 6.07) is 0. The Morgan fingerprint density at radius 2 is 2.38 bits per heavy atom. The summed E-state index contributed by atoms with van der Waals surface area (Å²) >= 11 is 0. The number of ketones is 1. The number of rotatable bonds is 3. The van der Waals surface area contributed by atoms with Gasteiger partial charge in [-0.2, -0.15) is 0 Å². The van der Waals surface area contributed by atoms with Crippen LogP contribution in [0.5, 0.6) is 0 Å². The number of sulfone groups is 1. The predicted molar refractivity (Wildman–Crippen MR) is 56.6 cm³/mol. The van der Waals surface area contributed by atoms with Gasteiger partial charge in [-0.1, -0.05) is 0 Å². The van der Waals surface area contributed by atoms with Crippen molar-refractivity contribution in [2.24, 2.45) is 0 Å². The zero-order valence-corrected chi connectivity index (χ0v) is 9.79. The van der Waals surface area contributed by atoms with Gasteiger partial charge in [0.15, 0.2) is 9.84 Å². The summed E-state index contributed by atoms with van der Waals surface area (Å²) in [5, 5.41) is -0.617. The average molecular weight is 243 g/mol. The second-order valence-corrected chi connectivity index (χ2v) is 6.36. The van der Waals surface area contributed by atoms with E-state index in [2.05, 4.69) is 4.98 Å². The van der Waals surface area contributed by atoms with Crippen LogP contribution in [0.3, 0.4) is 0 Å². The second kappa shape index (κ2) is 4.01. The van der Waals surface area contributed by atoms with Crippen molar-refractivity contribution in [2.75, 3.05) is 5.75 Å². The Balaban J connectivity index is 2.22. The number of hydrogen-bond donors (Lipinski definition) is 0. The van der Waals surface area contributed by atoms with Gasteiger partial charge >= 0.3 is 0 Å². The first-order valence-electron chi connectivity index (χ1n) is 5.14. The molecule has 5 nitrogen and oxygen atoms in total. The molecule has 0 radical (unpaired) electrons. The molecule has 88 valence electrons. The minimum Gasteiger partial charge on any atom is -0.447 e. The van der Waals surface area contributed by atoms with E-state index in [0.717, 1.165) is 0 Å². The molecule has 16 heavy (non-hydrogen) atoms. The Labute approximate surface area is 93.8 Å². The first kappa shape index (κ1) is 11.3. The fraction of sp³-hybridized carbons (Fsp3) is 0.600. The highest BCUT2D eigenvalue weighted by molar-refractivity contribution is 7.91. The van der Waals surface area contributed by atoms with E-state index in [0.29, 0.717) is 18.5 Å². The summed E-state index contributed by atoms with van der Waals surface area (Å²) < 4.78 is 28.4. The summed E-state index contributed by atoms with van der Waals surface area (Å²) in [4.78, 5) is 14.9. The van der Waals surface area contributed by atoms with Gasteiger partial charge in [-0.3, -0.25) is 4.79 Å². The van der Waals surface area contributed by atoms with E-state index < -0.39 is 15.1 Å². The molecule has 2 rings (SSSR count). The molecule has 0 aromatic carbocycles. The number of nitrogens with zero attached hydrogens (tertiary/aromatic N) is 1. The van der Waals surface area contributed by atoms with E-state index in [-0.39, 0.29) is 23.8 Å². The van der Waals surface area contributed by atoms with Gasteiger partial charge in [0.1, 0.15) is 17.3 Å². The van der Waals surface area contributed by atoms with Crippen molar-refractivity contribution >= 4 is 15.6 Å². The summed E-state index contributed by atoms with van der Waals surface area (Å²) in [5.41, 5.74) is 0.504. The number of aromatic nitrogens is 1. The second-order valence-electron chi connectivity index (χ2n) is 4.05. The van der Waals surface area contributed by atoms with Crippen molar-refractivity contribution < 1.29 is 17.6 Å². The number of oxazole rings is 1. The van der Waals surface area contributed by atoms with Gasteiger partial charge in [-0.05, 0) is 19.8 Å². The van der Waals surface area contributed by atoms with Crippen LogP contribution < -0.4 is 0 Å². The highest BCUT2D eigenvalue weighted by Gasteiger charge is 2.36. The minimum atomic E-state index is -3.10. The minimum absolute atomic E-state index is 0.0193. The third-order valence-corrected chi connectivity index (χ3v) is 4.77. The van der Waals surface area contributed by atoms with Crippen molar-refractivity contribution in [3.63, 3.8) is 0 Å². The topological polar surface area (TPSA) is 77.2 Å². The first-order chi connectivity index (χ1) is 7.49. The molecular weight excluding hydrogens is 230 g/mol. The summed E-state index contributed by atoms with van der Waals surface area (Å²) in [6.07, 6.45) is 2.76. The normalized spacial score (nSPS) is 23.4. The van der Waals surface area contributed by atoms with Gasteiger partial charge < -0.3 is 4.42 Å². The molecule has 2 heterocycles. The fourth-order valence-electron chi connectivity index (χ4n) is 1.88. The molecule has 1 aliphatic rings. The van der Waals surface area contributed by atoms with Crippen LogP contribution in [0.4, 0.5) is 0 Å². The third-order valence-electron chi connectivity index (χ3n) is 2.60. The molecule has 0 saturated carbocycles. The molecule has 1 aromatic heterocycles. The molecule has 0 aliphatic carbocycles. The van der Waals surface area contributed by atoms with Gasteiger partial charge in [0.25, 0.3) is 0 Å². The molecule has 0 spiro atoms. The fourth-order valence-corrected chi connectivity index (χ4v) is 3.67. The summed E-state index contributed by atoms with van der Waals surface area (Å²) in [5.74, 6) is 0.408. The number of hydrogen-bond acceptors (Lipinski definition) is 5. The van der Waals surface area contributed by atoms with Crippen molar-refractivity contribution in [3.05, 3.63) is 17.8 Å². The lowest BCUT2D eigenvalue weighted by atomic mass is 10.2. The van der Waals surface area contributed by atoms with Gasteiger partial charge in [0.05, 0.1) is 17.9 Å². The molecule has 0 N–H and O–H groups in total. The Hall–Kier alpha value is -1.17. The Kier molecular flexibility index (Phi) is 2.84. The van der Waals surface area contributed by atoms with Crippen LogP contribution in [-0.4, -0.2) is 24.9 Å². The highest BCUT2D eigenvalue weighted by Crippen LogP contribution is 2.33. The maximum absolute atomic E-state index is 11.6. The third kappa shape index (κ3) is 2.16. The van der Waals surface area contributed by atoms with E-state index in [9.17, 15) is 13.2 Å². The largest absolute Gasteiger partial charge is 0.447 e. The lowest BCUT2D eigenvalue weighted by Gasteiger charge is -2.02. The Bertz CT molecular complexity index is 503. The summed E-state index contributed by atoms with van der Waals surface area (Å²) in [6.45, 7) is 1.46. The van der Waals surface area contributed by atoms with Crippen LogP contribution in [0.15, 0.2) is 10.7 Å². The van der Waals surface area contributed by atoms with Crippen LogP contribution in [0.1, 0.15) is 36.6 Å². The molecule has 1 unspecified atom stereocenters. The van der Waals surface area contributed by atoms with Gasteiger partial charge in [0.2, 0.25) is 5.89 Å². The zero-order valence-electron chi connectivity index (χ0n) is 8.97. The number of carbonyl (C=O) groups excluding carboxylic acids is 1. The van der Waals surface area contributed by atoms with Crippen LogP contribution in [0, 0.1) is 0 Å². The smallest absolute Gasteiger partial charge is 0.212 e. The average Bonchev–Trinajstić information content (AvgIpc) is 2.70. The molecule has 1 fully saturated rings. The maximum atomic E-state index is 11.6. The van der Waals surface area contributed by atoms with Crippen LogP contribution >= 0.6 is 0 Å². The molecule has 0 bridgehead atoms. The standard InChI is InChI=1S/C10H13NO4S/c1-7(12)5-8-6-15-10(11-8)9-3-2-4-16(9,13)14/h6,9H,2-5H2,1H3. The maximum Gasteiger partial charge on any atom is 0.212 e. The van der Waals surface area contributed by atoms with Crippen LogP contribution in [0.2, 0.25) is 0 Å². The van der Waals surface area contributed by atoms with Crippen molar-refractivity contribution in [1.82, 2.24) is 4.98 Å². The van der Waals surface area contributed by atoms with Gasteiger partial charge in [-0.15, -0.1) is 0 Å². The molecular formula is C10H13NO4S. The molecule has 1 aliphatic heterocycles. The lowest BCUT2D eigenvalue weighted by molar-refractivity contribution is -0.116. The zero-order chi connectivity index (χ0) is 11.8. The molecule has 1 atom stereocenters. The Morgan fingerprint density at radius 3 is 2.94 bits per heavy atom. The van der Waals surface area contributed by atoms with E-state index in [1.807, 2.05) is 0 Å². The van der Waals surface area contributed by atoms with E-state index in [1.165, 1.54) is 13.2 Å². The molecule has 0 amide bonds. The van der Waals surface area contributed by atoms with E-state index in [1.54, 1.807) is 0 Å².